The highest BCUT2D eigenvalue weighted by Crippen LogP contribution is 2.14. The minimum absolute atomic E-state index is 0.279. The third kappa shape index (κ3) is 8.11. The van der Waals surface area contributed by atoms with E-state index in [-0.39, 0.29) is 6.42 Å². The molecule has 0 aliphatic carbocycles. The Morgan fingerprint density at radius 1 is 1.20 bits per heavy atom. The second-order valence-corrected chi connectivity index (χ2v) is 6.29. The summed E-state index contributed by atoms with van der Waals surface area (Å²) in [4.78, 5) is 23.8. The zero-order chi connectivity index (χ0) is 18.9. The summed E-state index contributed by atoms with van der Waals surface area (Å²) in [5.41, 5.74) is 0.200. The molecule has 0 radical (unpaired) electrons. The van der Waals surface area contributed by atoms with Crippen molar-refractivity contribution in [2.75, 3.05) is 13.7 Å². The molecule has 0 saturated carbocycles. The average Bonchev–Trinajstić information content (AvgIpc) is 2.53. The van der Waals surface area contributed by atoms with E-state index in [4.69, 9.17) is 14.2 Å². The lowest BCUT2D eigenvalue weighted by molar-refractivity contribution is -0.143. The highest BCUT2D eigenvalue weighted by Gasteiger charge is 2.25. The van der Waals surface area contributed by atoms with E-state index in [1.807, 2.05) is 12.1 Å². The molecule has 0 aliphatic heterocycles. The van der Waals surface area contributed by atoms with Crippen molar-refractivity contribution in [2.45, 2.75) is 45.8 Å². The fourth-order valence-electron chi connectivity index (χ4n) is 1.93. The molecule has 0 bridgehead atoms. The van der Waals surface area contributed by atoms with Crippen molar-refractivity contribution in [3.05, 3.63) is 29.8 Å². The Kier molecular flexibility index (Phi) is 7.80. The molecule has 1 rings (SSSR count). The number of alkyl carbamates (subject to hydrolysis) is 1. The molecule has 0 aromatic heterocycles. The lowest BCUT2D eigenvalue weighted by Gasteiger charge is -2.22. The summed E-state index contributed by atoms with van der Waals surface area (Å²) in [7, 11) is 1.28. The van der Waals surface area contributed by atoms with Gasteiger partial charge in [-0.15, -0.1) is 5.92 Å². The number of methoxy groups -OCH3 is 1. The number of rotatable bonds is 6. The summed E-state index contributed by atoms with van der Waals surface area (Å²) in [5, 5.41) is 2.54. The number of carbonyl (C=O) groups excluding carboxylic acids is 2. The van der Waals surface area contributed by atoms with Crippen molar-refractivity contribution in [2.24, 2.45) is 0 Å². The van der Waals surface area contributed by atoms with Gasteiger partial charge in [-0.25, -0.2) is 9.59 Å². The number of nitrogens with one attached hydrogen (secondary N) is 1. The largest absolute Gasteiger partial charge is 0.481 e. The van der Waals surface area contributed by atoms with Crippen molar-refractivity contribution in [1.29, 1.82) is 0 Å². The fraction of sp³-hybridized carbons (Fsp3) is 0.474. The number of hydrogen-bond acceptors (Lipinski definition) is 5. The Bertz CT molecular complexity index is 635. The molecule has 6 heteroatoms. The van der Waals surface area contributed by atoms with Gasteiger partial charge in [-0.1, -0.05) is 18.1 Å². The predicted octanol–water partition coefficient (Wildman–Crippen LogP) is 2.70. The van der Waals surface area contributed by atoms with Gasteiger partial charge in [0.25, 0.3) is 0 Å². The highest BCUT2D eigenvalue weighted by molar-refractivity contribution is 5.81. The topological polar surface area (TPSA) is 73.9 Å². The molecular formula is C19H25NO5. The number of hydrogen-bond donors (Lipinski definition) is 1. The van der Waals surface area contributed by atoms with Gasteiger partial charge >= 0.3 is 12.1 Å². The number of carbonyl (C=O) groups is 2. The van der Waals surface area contributed by atoms with E-state index in [1.54, 1.807) is 39.8 Å². The summed E-state index contributed by atoms with van der Waals surface area (Å²) >= 11 is 0. The summed E-state index contributed by atoms with van der Waals surface area (Å²) in [6.07, 6.45) is -0.387. The van der Waals surface area contributed by atoms with Gasteiger partial charge in [0, 0.05) is 6.42 Å². The van der Waals surface area contributed by atoms with Gasteiger partial charge in [-0.05, 0) is 45.4 Å². The smallest absolute Gasteiger partial charge is 0.408 e. The molecule has 136 valence electrons. The van der Waals surface area contributed by atoms with Crippen molar-refractivity contribution >= 4 is 12.1 Å². The van der Waals surface area contributed by atoms with Crippen LogP contribution in [0.5, 0.6) is 5.75 Å². The van der Waals surface area contributed by atoms with E-state index < -0.39 is 23.7 Å². The minimum Gasteiger partial charge on any atom is -0.481 e. The van der Waals surface area contributed by atoms with Crippen molar-refractivity contribution in [3.63, 3.8) is 0 Å². The monoisotopic (exact) mass is 347 g/mol. The van der Waals surface area contributed by atoms with Crippen LogP contribution in [0.15, 0.2) is 24.3 Å². The van der Waals surface area contributed by atoms with Crippen LogP contribution in [0, 0.1) is 11.8 Å². The SMILES string of the molecule is CC#CCOc1ccc(C[C@H](NC(=O)OC(C)(C)C)C(=O)OC)cc1. The van der Waals surface area contributed by atoms with Gasteiger partial charge in [-0.3, -0.25) is 0 Å². The maximum atomic E-state index is 11.9. The lowest BCUT2D eigenvalue weighted by Crippen LogP contribution is -2.45. The molecule has 1 N–H and O–H groups in total. The first-order valence-electron chi connectivity index (χ1n) is 7.94. The van der Waals surface area contributed by atoms with Crippen LogP contribution < -0.4 is 10.1 Å². The quantitative estimate of drug-likeness (QED) is 0.633. The highest BCUT2D eigenvalue weighted by atomic mass is 16.6. The van der Waals surface area contributed by atoms with E-state index in [0.717, 1.165) is 5.56 Å². The van der Waals surface area contributed by atoms with E-state index in [2.05, 4.69) is 17.2 Å². The normalized spacial score (nSPS) is 11.6. The third-order valence-electron chi connectivity index (χ3n) is 3.03. The zero-order valence-electron chi connectivity index (χ0n) is 15.3. The van der Waals surface area contributed by atoms with Crippen LogP contribution in [0.3, 0.4) is 0 Å². The number of benzene rings is 1. The van der Waals surface area contributed by atoms with Crippen molar-refractivity contribution < 1.29 is 23.8 Å². The number of ether oxygens (including phenoxy) is 3. The first-order chi connectivity index (χ1) is 11.7. The lowest BCUT2D eigenvalue weighted by atomic mass is 10.1. The van der Waals surface area contributed by atoms with Crippen LogP contribution in [-0.4, -0.2) is 37.4 Å². The minimum atomic E-state index is -0.836. The van der Waals surface area contributed by atoms with Gasteiger partial charge in [0.05, 0.1) is 7.11 Å². The summed E-state index contributed by atoms with van der Waals surface area (Å²) in [5.74, 6) is 5.71. The molecule has 1 atom stereocenters. The number of esters is 1. The zero-order valence-corrected chi connectivity index (χ0v) is 15.3. The molecule has 0 saturated heterocycles. The maximum Gasteiger partial charge on any atom is 0.408 e. The van der Waals surface area contributed by atoms with E-state index in [9.17, 15) is 9.59 Å². The standard InChI is InChI=1S/C19H25NO5/c1-6-7-12-24-15-10-8-14(9-11-15)13-16(17(21)23-5)20-18(22)25-19(2,3)4/h8-11,16H,12-13H2,1-5H3,(H,20,22)/t16-/m0/s1. The molecule has 6 nitrogen and oxygen atoms in total. The molecule has 0 fully saturated rings. The number of amides is 1. The van der Waals surface area contributed by atoms with E-state index in [0.29, 0.717) is 12.4 Å². The summed E-state index contributed by atoms with van der Waals surface area (Å²) in [6.45, 7) is 7.32. The Labute approximate surface area is 148 Å². The Hall–Kier alpha value is -2.68. The van der Waals surface area contributed by atoms with Crippen LogP contribution in [0.25, 0.3) is 0 Å². The van der Waals surface area contributed by atoms with Gasteiger partial charge in [0.2, 0.25) is 0 Å². The van der Waals surface area contributed by atoms with E-state index >= 15 is 0 Å². The first kappa shape index (κ1) is 20.4. The van der Waals surface area contributed by atoms with E-state index in [1.165, 1.54) is 7.11 Å². The second-order valence-electron chi connectivity index (χ2n) is 6.29. The van der Waals surface area contributed by atoms with Crippen LogP contribution in [-0.2, 0) is 20.7 Å². The molecule has 1 amide bonds. The average molecular weight is 347 g/mol. The predicted molar refractivity (Wildman–Crippen MR) is 94.3 cm³/mol. The summed E-state index contributed by atoms with van der Waals surface area (Å²) in [6, 6.07) is 6.38. The van der Waals surface area contributed by atoms with Crippen LogP contribution in [0.1, 0.15) is 33.3 Å². The van der Waals surface area contributed by atoms with Crippen LogP contribution in [0.2, 0.25) is 0 Å². The van der Waals surface area contributed by atoms with Crippen LogP contribution in [0.4, 0.5) is 4.79 Å². The Morgan fingerprint density at radius 3 is 2.36 bits per heavy atom. The molecule has 0 unspecified atom stereocenters. The molecule has 0 aliphatic rings. The Morgan fingerprint density at radius 2 is 1.84 bits per heavy atom. The molecule has 0 spiro atoms. The van der Waals surface area contributed by atoms with Gasteiger partial charge in [0.15, 0.2) is 0 Å². The molecule has 25 heavy (non-hydrogen) atoms. The van der Waals surface area contributed by atoms with Gasteiger partial charge < -0.3 is 19.5 Å². The first-order valence-corrected chi connectivity index (χ1v) is 7.94. The molecule has 1 aromatic rings. The molecule has 0 heterocycles. The summed E-state index contributed by atoms with van der Waals surface area (Å²) < 4.78 is 15.4. The molecular weight excluding hydrogens is 322 g/mol. The fourth-order valence-corrected chi connectivity index (χ4v) is 1.93. The van der Waals surface area contributed by atoms with Crippen molar-refractivity contribution in [3.8, 4) is 17.6 Å². The van der Waals surface area contributed by atoms with Crippen molar-refractivity contribution in [1.82, 2.24) is 5.32 Å². The van der Waals surface area contributed by atoms with Gasteiger partial charge in [0.1, 0.15) is 24.0 Å². The second kappa shape index (κ2) is 9.58. The Balaban J connectivity index is 2.72. The molecule has 1 aromatic carbocycles. The third-order valence-corrected chi connectivity index (χ3v) is 3.03. The maximum absolute atomic E-state index is 11.9. The van der Waals surface area contributed by atoms with Crippen LogP contribution >= 0.6 is 0 Å². The van der Waals surface area contributed by atoms with Gasteiger partial charge in [-0.2, -0.15) is 0 Å².